The molecule has 0 unspecified atom stereocenters. The molecule has 1 aliphatic heterocycles. The third-order valence-electron chi connectivity index (χ3n) is 13.6. The summed E-state index contributed by atoms with van der Waals surface area (Å²) in [5.41, 5.74) is 10.9. The average molecular weight is 908 g/mol. The van der Waals surface area contributed by atoms with Gasteiger partial charge in [-0.1, -0.05) is 211 Å². The van der Waals surface area contributed by atoms with Gasteiger partial charge in [0.2, 0.25) is 0 Å². The number of nitrogens with zero attached hydrogens (tertiary/aromatic N) is 2. The van der Waals surface area contributed by atoms with Crippen LogP contribution >= 0.6 is 23.2 Å². The molecule has 0 spiro atoms. The van der Waals surface area contributed by atoms with Crippen molar-refractivity contribution in [2.24, 2.45) is 0 Å². The van der Waals surface area contributed by atoms with Crippen LogP contribution in [-0.4, -0.2) is 28.3 Å². The second-order valence-corrected chi connectivity index (χ2v) is 18.9. The van der Waals surface area contributed by atoms with Gasteiger partial charge in [0.25, 0.3) is 0 Å². The Morgan fingerprint density at radius 3 is 1.28 bits per heavy atom. The highest BCUT2D eigenvalue weighted by molar-refractivity contribution is 6.69. The van der Waals surface area contributed by atoms with Crippen LogP contribution in [0.4, 0.5) is 0 Å². The zero-order chi connectivity index (χ0) is 45.9. The highest BCUT2D eigenvalue weighted by Crippen LogP contribution is 2.42. The fourth-order valence-corrected chi connectivity index (χ4v) is 9.99. The van der Waals surface area contributed by atoms with Gasteiger partial charge in [-0.25, -0.2) is 9.97 Å². The molecule has 3 heterocycles. The molecule has 0 bridgehead atoms. The van der Waals surface area contributed by atoms with E-state index in [9.17, 15) is 0 Å². The van der Waals surface area contributed by atoms with Gasteiger partial charge < -0.3 is 9.31 Å². The molecule has 0 atom stereocenters. The van der Waals surface area contributed by atoms with Crippen molar-refractivity contribution in [1.82, 2.24) is 9.97 Å². The maximum Gasteiger partial charge on any atom is 0.496 e. The molecule has 9 aromatic carbocycles. The van der Waals surface area contributed by atoms with Gasteiger partial charge in [-0.05, 0) is 122 Å². The number of benzene rings is 9. The Hall–Kier alpha value is -6.86. The van der Waals surface area contributed by atoms with E-state index in [1.165, 1.54) is 54.6 Å². The van der Waals surface area contributed by atoms with Gasteiger partial charge in [-0.3, -0.25) is 0 Å². The largest absolute Gasteiger partial charge is 0.496 e. The van der Waals surface area contributed by atoms with Gasteiger partial charge >= 0.3 is 7.12 Å². The number of hydrogen-bond acceptors (Lipinski definition) is 4. The Balaban J connectivity index is 0.000000156. The van der Waals surface area contributed by atoms with Gasteiger partial charge in [-0.15, -0.1) is 0 Å². The van der Waals surface area contributed by atoms with Crippen LogP contribution < -0.4 is 5.46 Å². The molecule has 1 fully saturated rings. The lowest BCUT2D eigenvalue weighted by Gasteiger charge is -2.32. The Bertz CT molecular complexity index is 3490. The summed E-state index contributed by atoms with van der Waals surface area (Å²) in [7, 11) is -0.437. The second kappa shape index (κ2) is 17.1. The van der Waals surface area contributed by atoms with Crippen LogP contribution in [0.5, 0.6) is 0 Å². The third-order valence-corrected chi connectivity index (χ3v) is 14.0. The van der Waals surface area contributed by atoms with Gasteiger partial charge in [0, 0.05) is 10.8 Å². The summed E-state index contributed by atoms with van der Waals surface area (Å²) in [6.07, 6.45) is 0. The first-order valence-electron chi connectivity index (χ1n) is 22.6. The SMILES string of the molecule is CC1(C)OB(c2c3ccccc3c(-c3ccc(-c4cccc5ccccc45)cc3)c3ccccc23)OC1(C)C.Clc1cc(-c2ccccc2)c2ccc3c(-c4ccccc4)cc(Cl)nc3c2n1. The van der Waals surface area contributed by atoms with Crippen molar-refractivity contribution < 1.29 is 9.31 Å². The van der Waals surface area contributed by atoms with Crippen molar-refractivity contribution in [3.05, 3.63) is 210 Å². The molecule has 324 valence electrons. The van der Waals surface area contributed by atoms with E-state index in [-0.39, 0.29) is 0 Å². The lowest BCUT2D eigenvalue weighted by Crippen LogP contribution is -2.41. The molecule has 0 aliphatic carbocycles. The van der Waals surface area contributed by atoms with Crippen molar-refractivity contribution in [2.75, 3.05) is 0 Å². The Labute approximate surface area is 400 Å². The molecule has 12 rings (SSSR count). The Morgan fingerprint density at radius 1 is 0.373 bits per heavy atom. The van der Waals surface area contributed by atoms with Crippen LogP contribution in [0.15, 0.2) is 200 Å². The normalized spacial score (nSPS) is 14.2. The van der Waals surface area contributed by atoms with Crippen LogP contribution in [0.1, 0.15) is 27.7 Å². The molecular weight excluding hydrogens is 862 g/mol. The first-order valence-corrected chi connectivity index (χ1v) is 23.4. The summed E-state index contributed by atoms with van der Waals surface area (Å²) in [6.45, 7) is 8.46. The summed E-state index contributed by atoms with van der Waals surface area (Å²) in [5, 5.41) is 10.1. The standard InChI is InChI=1S/C36H31BO2.C24H14Cl2N2/c1-35(2)36(3,4)39-37(38-35)34-31-17-9-7-15-29(31)33(30-16-8-10-18-32(30)34)26-22-20-25(21-23-26)28-19-11-13-24-12-5-6-14-27(24)28;25-21-13-19(15-7-3-1-4-8-15)17-11-12-18-20(16-9-5-2-6-10-16)14-22(26)28-24(18)23(17)27-21/h5-23H,1-4H3;1-14H. The van der Waals surface area contributed by atoms with Crippen LogP contribution in [-0.2, 0) is 9.31 Å². The maximum atomic E-state index is 6.59. The first kappa shape index (κ1) is 42.8. The van der Waals surface area contributed by atoms with E-state index in [2.05, 4.69) is 189 Å². The molecule has 11 aromatic rings. The van der Waals surface area contributed by atoms with Crippen molar-refractivity contribution in [1.29, 1.82) is 0 Å². The lowest BCUT2D eigenvalue weighted by molar-refractivity contribution is 0.00578. The van der Waals surface area contributed by atoms with Crippen LogP contribution in [0.3, 0.4) is 0 Å². The molecule has 0 N–H and O–H groups in total. The summed E-state index contributed by atoms with van der Waals surface area (Å²) >= 11 is 12.8. The molecule has 1 aliphatic rings. The molecule has 0 saturated carbocycles. The zero-order valence-corrected chi connectivity index (χ0v) is 39.1. The molecule has 0 radical (unpaired) electrons. The average Bonchev–Trinajstić information content (AvgIpc) is 3.58. The lowest BCUT2D eigenvalue weighted by atomic mass is 9.71. The van der Waals surface area contributed by atoms with E-state index >= 15 is 0 Å². The number of halogens is 2. The van der Waals surface area contributed by atoms with E-state index in [1.54, 1.807) is 0 Å². The smallest absolute Gasteiger partial charge is 0.399 e. The Kier molecular flexibility index (Phi) is 10.9. The molecule has 67 heavy (non-hydrogen) atoms. The minimum atomic E-state index is -0.437. The highest BCUT2D eigenvalue weighted by Gasteiger charge is 2.52. The van der Waals surface area contributed by atoms with Crippen LogP contribution in [0, 0.1) is 0 Å². The molecule has 2 aromatic heterocycles. The summed E-state index contributed by atoms with van der Waals surface area (Å²) < 4.78 is 13.2. The first-order chi connectivity index (χ1) is 32.5. The van der Waals surface area contributed by atoms with Gasteiger partial charge in [0.05, 0.1) is 22.2 Å². The number of aromatic nitrogens is 2. The highest BCUT2D eigenvalue weighted by atomic mass is 35.5. The molecular formula is C60H45BCl2N2O2. The van der Waals surface area contributed by atoms with E-state index in [1.807, 2.05) is 48.5 Å². The topological polar surface area (TPSA) is 44.2 Å². The van der Waals surface area contributed by atoms with Gasteiger partial charge in [0.1, 0.15) is 10.3 Å². The summed E-state index contributed by atoms with van der Waals surface area (Å²) in [4.78, 5) is 9.22. The van der Waals surface area contributed by atoms with E-state index in [4.69, 9.17) is 32.5 Å². The summed E-state index contributed by atoms with van der Waals surface area (Å²) in [5.74, 6) is 0. The minimum absolute atomic E-state index is 0.407. The molecule has 4 nitrogen and oxygen atoms in total. The molecule has 1 saturated heterocycles. The van der Waals surface area contributed by atoms with E-state index < -0.39 is 18.3 Å². The van der Waals surface area contributed by atoms with E-state index in [0.29, 0.717) is 10.3 Å². The quantitative estimate of drug-likeness (QED) is 0.0747. The zero-order valence-electron chi connectivity index (χ0n) is 37.6. The number of rotatable bonds is 5. The fourth-order valence-electron chi connectivity index (χ4n) is 9.61. The van der Waals surface area contributed by atoms with Crippen LogP contribution in [0.2, 0.25) is 10.3 Å². The van der Waals surface area contributed by atoms with Gasteiger partial charge in [-0.2, -0.15) is 0 Å². The maximum absolute atomic E-state index is 6.59. The van der Waals surface area contributed by atoms with Crippen molar-refractivity contribution in [3.8, 4) is 44.5 Å². The minimum Gasteiger partial charge on any atom is -0.399 e. The Morgan fingerprint density at radius 2 is 0.776 bits per heavy atom. The molecule has 0 amide bonds. The van der Waals surface area contributed by atoms with Gasteiger partial charge in [0.15, 0.2) is 0 Å². The van der Waals surface area contributed by atoms with Crippen molar-refractivity contribution in [2.45, 2.75) is 38.9 Å². The number of fused-ring (bicyclic) bond motifs is 6. The fraction of sp³-hybridized carbons (Fsp3) is 0.100. The molecule has 7 heteroatoms. The van der Waals surface area contributed by atoms with E-state index in [0.717, 1.165) is 49.5 Å². The third kappa shape index (κ3) is 7.72. The summed E-state index contributed by atoms with van der Waals surface area (Å²) in [6, 6.07) is 69.8. The van der Waals surface area contributed by atoms with Crippen molar-refractivity contribution >= 4 is 89.9 Å². The second-order valence-electron chi connectivity index (χ2n) is 18.1. The predicted molar refractivity (Wildman–Crippen MR) is 283 cm³/mol. The van der Waals surface area contributed by atoms with Crippen LogP contribution in [0.25, 0.3) is 98.6 Å². The number of pyridine rings is 2. The van der Waals surface area contributed by atoms with Crippen molar-refractivity contribution in [3.63, 3.8) is 0 Å². The predicted octanol–water partition coefficient (Wildman–Crippen LogP) is 16.2. The monoisotopic (exact) mass is 906 g/mol. The number of hydrogen-bond donors (Lipinski definition) is 0.